The Kier molecular flexibility index (Phi) is 11.9. The van der Waals surface area contributed by atoms with Gasteiger partial charge in [-0.1, -0.05) is 0 Å². The van der Waals surface area contributed by atoms with E-state index in [0.717, 1.165) is 12.2 Å². The van der Waals surface area contributed by atoms with Crippen LogP contribution in [0.5, 0.6) is 0 Å². The first-order chi connectivity index (χ1) is 12.7. The van der Waals surface area contributed by atoms with Crippen LogP contribution in [0.3, 0.4) is 0 Å². The highest BCUT2D eigenvalue weighted by Gasteiger charge is 2.43. The Bertz CT molecular complexity index is 608. The van der Waals surface area contributed by atoms with Gasteiger partial charge in [0.1, 0.15) is 6.04 Å². The first-order valence-electron chi connectivity index (χ1n) is 9.40. The predicted molar refractivity (Wildman–Crippen MR) is 116 cm³/mol. The molecule has 1 heterocycles. The fraction of sp³-hybridized carbons (Fsp3) is 0.632. The summed E-state index contributed by atoms with van der Waals surface area (Å²) >= 11 is 0. The number of rotatable bonds is 7. The van der Waals surface area contributed by atoms with Crippen LogP contribution in [-0.4, -0.2) is 68.3 Å². The number of nitrogens with one attached hydrogen (secondary N) is 2. The molecular weight excluding hydrogens is 428 g/mol. The fourth-order valence-electron chi connectivity index (χ4n) is 3.39. The fourth-order valence-corrected chi connectivity index (χ4v) is 3.39. The Morgan fingerprint density at radius 1 is 1.17 bits per heavy atom. The Morgan fingerprint density at radius 3 is 2.17 bits per heavy atom. The molecule has 1 unspecified atom stereocenters. The summed E-state index contributed by atoms with van der Waals surface area (Å²) in [4.78, 5) is 15.9. The molecule has 0 radical (unpaired) electrons. The number of nitrogens with zero attached hydrogens (tertiary/aromatic N) is 2. The Balaban J connectivity index is 0.00000392. The summed E-state index contributed by atoms with van der Waals surface area (Å²) in [6.45, 7) is 8.27. The number of piperazine rings is 1. The second kappa shape index (κ2) is 12.5. The van der Waals surface area contributed by atoms with Crippen LogP contribution in [0.25, 0.3) is 0 Å². The molecule has 0 saturated carbocycles. The van der Waals surface area contributed by atoms with Crippen LogP contribution in [0, 0.1) is 0 Å². The smallest absolute Gasteiger partial charge is 0.369 e. The zero-order valence-corrected chi connectivity index (χ0v) is 18.6. The molecule has 0 aliphatic carbocycles. The van der Waals surface area contributed by atoms with Crippen molar-refractivity contribution < 1.29 is 18.0 Å². The van der Waals surface area contributed by atoms with Gasteiger partial charge in [0, 0.05) is 56.6 Å². The van der Waals surface area contributed by atoms with E-state index in [1.165, 1.54) is 4.90 Å². The molecule has 5 nitrogen and oxygen atoms in total. The first-order valence-corrected chi connectivity index (χ1v) is 9.40. The molecule has 0 spiro atoms. The number of hydrogen-bond acceptors (Lipinski definition) is 4. The second-order valence-corrected chi connectivity index (χ2v) is 6.98. The van der Waals surface area contributed by atoms with Crippen molar-refractivity contribution in [3.8, 4) is 0 Å². The zero-order chi connectivity index (χ0) is 20.0. The number of hydrogen-bond donors (Lipinski definition) is 2. The van der Waals surface area contributed by atoms with E-state index < -0.39 is 24.7 Å². The lowest BCUT2D eigenvalue weighted by Gasteiger charge is -2.35. The SMILES string of the molecule is CCN(c1ccc(C(=O)NCC(N2CCNCC2)C(F)(F)F)cc1)C(C)C.Cl.Cl. The van der Waals surface area contributed by atoms with E-state index in [9.17, 15) is 18.0 Å². The van der Waals surface area contributed by atoms with Crippen molar-refractivity contribution in [1.82, 2.24) is 15.5 Å². The van der Waals surface area contributed by atoms with Crippen molar-refractivity contribution in [3.05, 3.63) is 29.8 Å². The van der Waals surface area contributed by atoms with Gasteiger partial charge in [-0.3, -0.25) is 9.69 Å². The lowest BCUT2D eigenvalue weighted by molar-refractivity contribution is -0.183. The van der Waals surface area contributed by atoms with Gasteiger partial charge in [0.15, 0.2) is 0 Å². The number of carbonyl (C=O) groups is 1. The quantitative estimate of drug-likeness (QED) is 0.657. The third-order valence-corrected chi connectivity index (χ3v) is 4.85. The number of halogens is 5. The molecule has 1 aliphatic rings. The van der Waals surface area contributed by atoms with Gasteiger partial charge in [0.25, 0.3) is 5.91 Å². The second-order valence-electron chi connectivity index (χ2n) is 6.98. The molecule has 1 saturated heterocycles. The lowest BCUT2D eigenvalue weighted by atomic mass is 10.1. The molecule has 1 aromatic rings. The zero-order valence-electron chi connectivity index (χ0n) is 17.0. The summed E-state index contributed by atoms with van der Waals surface area (Å²) in [6.07, 6.45) is -4.38. The molecule has 29 heavy (non-hydrogen) atoms. The number of carbonyl (C=O) groups excluding carboxylic acids is 1. The molecule has 1 amide bonds. The number of anilines is 1. The molecule has 0 aromatic heterocycles. The number of benzene rings is 1. The average Bonchev–Trinajstić information content (AvgIpc) is 2.62. The largest absolute Gasteiger partial charge is 0.405 e. The monoisotopic (exact) mass is 458 g/mol. The maximum atomic E-state index is 13.4. The van der Waals surface area contributed by atoms with E-state index >= 15 is 0 Å². The van der Waals surface area contributed by atoms with Crippen LogP contribution in [-0.2, 0) is 0 Å². The minimum Gasteiger partial charge on any atom is -0.369 e. The van der Waals surface area contributed by atoms with Gasteiger partial charge < -0.3 is 15.5 Å². The van der Waals surface area contributed by atoms with Gasteiger partial charge in [-0.25, -0.2) is 0 Å². The van der Waals surface area contributed by atoms with Crippen molar-refractivity contribution in [1.29, 1.82) is 0 Å². The van der Waals surface area contributed by atoms with Crippen LogP contribution < -0.4 is 15.5 Å². The molecule has 2 N–H and O–H groups in total. The van der Waals surface area contributed by atoms with E-state index in [-0.39, 0.29) is 24.8 Å². The molecule has 0 bridgehead atoms. The predicted octanol–water partition coefficient (Wildman–Crippen LogP) is 3.33. The van der Waals surface area contributed by atoms with Crippen LogP contribution in [0.2, 0.25) is 0 Å². The Labute approximate surface area is 183 Å². The van der Waals surface area contributed by atoms with Gasteiger partial charge >= 0.3 is 6.18 Å². The Hall–Kier alpha value is -1.22. The molecule has 2 rings (SSSR count). The summed E-state index contributed by atoms with van der Waals surface area (Å²) in [6, 6.07) is 5.62. The summed E-state index contributed by atoms with van der Waals surface area (Å²) < 4.78 is 40.2. The van der Waals surface area contributed by atoms with E-state index in [0.29, 0.717) is 37.8 Å². The van der Waals surface area contributed by atoms with Crippen molar-refractivity contribution >= 4 is 36.4 Å². The van der Waals surface area contributed by atoms with E-state index in [2.05, 4.69) is 29.4 Å². The number of amides is 1. The summed E-state index contributed by atoms with van der Waals surface area (Å²) in [7, 11) is 0. The first kappa shape index (κ1) is 27.8. The Morgan fingerprint density at radius 2 is 1.72 bits per heavy atom. The van der Waals surface area contributed by atoms with Gasteiger partial charge in [-0.2, -0.15) is 13.2 Å². The third kappa shape index (κ3) is 7.85. The van der Waals surface area contributed by atoms with Gasteiger partial charge in [0.05, 0.1) is 0 Å². The molecule has 1 aliphatic heterocycles. The minimum absolute atomic E-state index is 0. The van der Waals surface area contributed by atoms with Crippen LogP contribution >= 0.6 is 24.8 Å². The van der Waals surface area contributed by atoms with Crippen LogP contribution in [0.4, 0.5) is 18.9 Å². The van der Waals surface area contributed by atoms with E-state index in [1.807, 2.05) is 19.1 Å². The third-order valence-electron chi connectivity index (χ3n) is 4.85. The maximum absolute atomic E-state index is 13.4. The molecule has 1 atom stereocenters. The highest BCUT2D eigenvalue weighted by Crippen LogP contribution is 2.25. The molecule has 1 aromatic carbocycles. The lowest BCUT2D eigenvalue weighted by Crippen LogP contribution is -2.57. The maximum Gasteiger partial charge on any atom is 0.405 e. The highest BCUT2D eigenvalue weighted by atomic mass is 35.5. The topological polar surface area (TPSA) is 47.6 Å². The van der Waals surface area contributed by atoms with Crippen molar-refractivity contribution in [2.24, 2.45) is 0 Å². The summed E-state index contributed by atoms with van der Waals surface area (Å²) in [5.74, 6) is -0.487. The number of alkyl halides is 3. The molecular formula is C19H31Cl2F3N4O. The normalized spacial score (nSPS) is 15.8. The molecule has 1 fully saturated rings. The van der Waals surface area contributed by atoms with Crippen LogP contribution in [0.1, 0.15) is 31.1 Å². The molecule has 10 heteroatoms. The van der Waals surface area contributed by atoms with Gasteiger partial charge in [-0.15, -0.1) is 24.8 Å². The van der Waals surface area contributed by atoms with Crippen molar-refractivity contribution in [2.45, 2.75) is 39.0 Å². The standard InChI is InChI=1S/C19H29F3N4O.2ClH/c1-4-26(14(2)3)16-7-5-15(6-8-16)18(27)24-13-17(19(20,21)22)25-11-9-23-10-12-25;;/h5-8,14,17,23H,4,9-13H2,1-3H3,(H,24,27);2*1H. The van der Waals surface area contributed by atoms with Crippen molar-refractivity contribution in [3.63, 3.8) is 0 Å². The summed E-state index contributed by atoms with van der Waals surface area (Å²) in [5.41, 5.74) is 1.35. The average molecular weight is 459 g/mol. The molecule has 168 valence electrons. The van der Waals surface area contributed by atoms with E-state index in [1.54, 1.807) is 12.1 Å². The van der Waals surface area contributed by atoms with Crippen LogP contribution in [0.15, 0.2) is 24.3 Å². The summed E-state index contributed by atoms with van der Waals surface area (Å²) in [5, 5.41) is 5.49. The van der Waals surface area contributed by atoms with E-state index in [4.69, 9.17) is 0 Å². The highest BCUT2D eigenvalue weighted by molar-refractivity contribution is 5.94. The van der Waals surface area contributed by atoms with Gasteiger partial charge in [0.2, 0.25) is 0 Å². The minimum atomic E-state index is -4.38. The van der Waals surface area contributed by atoms with Crippen molar-refractivity contribution in [2.75, 3.05) is 44.2 Å². The van der Waals surface area contributed by atoms with Gasteiger partial charge in [-0.05, 0) is 45.0 Å².